The maximum atomic E-state index is 13.6. The van der Waals surface area contributed by atoms with E-state index < -0.39 is 11.1 Å². The summed E-state index contributed by atoms with van der Waals surface area (Å²) < 4.78 is 18.5. The number of methoxy groups -OCH3 is 1. The van der Waals surface area contributed by atoms with Crippen molar-refractivity contribution in [2.45, 2.75) is 0 Å². The van der Waals surface area contributed by atoms with Crippen molar-refractivity contribution in [1.29, 1.82) is 0 Å². The Kier molecular flexibility index (Phi) is 2.75. The number of benzene rings is 1. The van der Waals surface area contributed by atoms with Gasteiger partial charge in [-0.2, -0.15) is 0 Å². The van der Waals surface area contributed by atoms with Gasteiger partial charge in [0, 0.05) is 17.1 Å². The molecule has 0 aliphatic carbocycles. The largest absolute Gasteiger partial charge is 0.491 e. The Hall–Kier alpha value is -1.68. The number of rotatable bonds is 2. The van der Waals surface area contributed by atoms with E-state index in [-0.39, 0.29) is 16.8 Å². The van der Waals surface area contributed by atoms with E-state index in [1.807, 2.05) is 0 Å². The Morgan fingerprint density at radius 1 is 1.56 bits per heavy atom. The molecule has 0 fully saturated rings. The number of hydrogen-bond donors (Lipinski definition) is 0. The third-order valence-electron chi connectivity index (χ3n) is 2.22. The minimum absolute atomic E-state index is 0.0114. The van der Waals surface area contributed by atoms with Crippen molar-refractivity contribution in [2.24, 2.45) is 0 Å². The van der Waals surface area contributed by atoms with Crippen LogP contribution >= 0.6 is 11.6 Å². The minimum atomic E-state index is -0.723. The minimum Gasteiger partial charge on any atom is -0.491 e. The number of hydrogen-bond acceptors (Lipinski definition) is 3. The highest BCUT2D eigenvalue weighted by molar-refractivity contribution is 6.68. The average Bonchev–Trinajstić information content (AvgIpc) is 2.28. The Morgan fingerprint density at radius 3 is 2.94 bits per heavy atom. The molecule has 0 aliphatic heterocycles. The van der Waals surface area contributed by atoms with E-state index in [1.54, 1.807) is 12.1 Å². The Bertz CT molecular complexity index is 571. The van der Waals surface area contributed by atoms with Crippen LogP contribution in [0.5, 0.6) is 5.75 Å². The molecule has 0 radical (unpaired) electrons. The molecule has 5 heteroatoms. The topological polar surface area (TPSA) is 39.2 Å². The van der Waals surface area contributed by atoms with E-state index in [4.69, 9.17) is 16.3 Å². The third kappa shape index (κ3) is 1.61. The monoisotopic (exact) mass is 239 g/mol. The molecule has 2 rings (SSSR count). The van der Waals surface area contributed by atoms with Gasteiger partial charge in [-0.25, -0.2) is 4.39 Å². The first kappa shape index (κ1) is 10.8. The average molecular weight is 240 g/mol. The molecule has 0 N–H and O–H groups in total. The van der Waals surface area contributed by atoms with Crippen molar-refractivity contribution in [3.05, 3.63) is 35.8 Å². The number of carbonyl (C=O) groups is 1. The fourth-order valence-electron chi connectivity index (χ4n) is 1.54. The molecule has 16 heavy (non-hydrogen) atoms. The lowest BCUT2D eigenvalue weighted by Gasteiger charge is -2.08. The van der Waals surface area contributed by atoms with Gasteiger partial charge in [-0.05, 0) is 23.7 Å². The normalized spacial score (nSPS) is 10.4. The molecule has 1 heterocycles. The molecular formula is C11H7ClFNO2. The van der Waals surface area contributed by atoms with Gasteiger partial charge in [0.15, 0.2) is 11.6 Å². The second-order valence-corrected chi connectivity index (χ2v) is 3.46. The first-order valence-corrected chi connectivity index (χ1v) is 4.84. The maximum Gasteiger partial charge on any atom is 0.253 e. The van der Waals surface area contributed by atoms with Gasteiger partial charge in [0.1, 0.15) is 5.52 Å². The van der Waals surface area contributed by atoms with E-state index in [1.165, 1.54) is 13.3 Å². The van der Waals surface area contributed by atoms with Crippen LogP contribution in [0.3, 0.4) is 0 Å². The molecule has 0 aliphatic rings. The van der Waals surface area contributed by atoms with Crippen LogP contribution in [0.2, 0.25) is 0 Å². The summed E-state index contributed by atoms with van der Waals surface area (Å²) in [7, 11) is 1.34. The van der Waals surface area contributed by atoms with Crippen LogP contribution < -0.4 is 4.74 Å². The fraction of sp³-hybridized carbons (Fsp3) is 0.0909. The van der Waals surface area contributed by atoms with E-state index in [0.29, 0.717) is 5.39 Å². The molecule has 1 aromatic carbocycles. The summed E-state index contributed by atoms with van der Waals surface area (Å²) in [5.74, 6) is -0.644. The number of aromatic nitrogens is 1. The molecule has 0 spiro atoms. The van der Waals surface area contributed by atoms with Gasteiger partial charge in [0.25, 0.3) is 5.24 Å². The van der Waals surface area contributed by atoms with Gasteiger partial charge >= 0.3 is 0 Å². The highest BCUT2D eigenvalue weighted by Gasteiger charge is 2.16. The number of ether oxygens (including phenoxy) is 1. The highest BCUT2D eigenvalue weighted by atomic mass is 35.5. The first-order valence-electron chi connectivity index (χ1n) is 4.46. The molecule has 82 valence electrons. The molecule has 0 amide bonds. The molecule has 1 aromatic heterocycles. The predicted octanol–water partition coefficient (Wildman–Crippen LogP) is 2.76. The van der Waals surface area contributed by atoms with Crippen LogP contribution in [0.25, 0.3) is 10.9 Å². The van der Waals surface area contributed by atoms with Crippen LogP contribution in [-0.2, 0) is 0 Å². The standard InChI is InChI=1S/C11H7ClFNO2/c1-16-10-8(13)5-7(11(12)15)6-3-2-4-14-9(6)10/h2-5H,1H3. The number of carbonyl (C=O) groups excluding carboxylic acids is 1. The molecular weight excluding hydrogens is 233 g/mol. The van der Waals surface area contributed by atoms with E-state index in [0.717, 1.165) is 6.07 Å². The van der Waals surface area contributed by atoms with Crippen LogP contribution in [0, 0.1) is 5.82 Å². The zero-order valence-electron chi connectivity index (χ0n) is 8.33. The first-order chi connectivity index (χ1) is 7.65. The summed E-state index contributed by atoms with van der Waals surface area (Å²) in [6.07, 6.45) is 1.49. The lowest BCUT2D eigenvalue weighted by Crippen LogP contribution is -1.98. The number of halogens is 2. The summed E-state index contributed by atoms with van der Waals surface area (Å²) >= 11 is 5.38. The second-order valence-electron chi connectivity index (χ2n) is 3.11. The van der Waals surface area contributed by atoms with Gasteiger partial charge in [-0.15, -0.1) is 0 Å². The van der Waals surface area contributed by atoms with Crippen molar-refractivity contribution in [1.82, 2.24) is 4.98 Å². The van der Waals surface area contributed by atoms with E-state index in [9.17, 15) is 9.18 Å². The van der Waals surface area contributed by atoms with Crippen LogP contribution in [0.15, 0.2) is 24.4 Å². The Morgan fingerprint density at radius 2 is 2.31 bits per heavy atom. The summed E-state index contributed by atoms with van der Waals surface area (Å²) in [6.45, 7) is 0. The maximum absolute atomic E-state index is 13.6. The van der Waals surface area contributed by atoms with Crippen molar-refractivity contribution >= 4 is 27.7 Å². The van der Waals surface area contributed by atoms with Gasteiger partial charge in [0.05, 0.1) is 7.11 Å². The van der Waals surface area contributed by atoms with Gasteiger partial charge in [-0.1, -0.05) is 6.07 Å². The molecule has 0 saturated heterocycles. The second kappa shape index (κ2) is 4.06. The van der Waals surface area contributed by atoms with Crippen molar-refractivity contribution in [2.75, 3.05) is 7.11 Å². The van der Waals surface area contributed by atoms with Crippen molar-refractivity contribution < 1.29 is 13.9 Å². The zero-order valence-corrected chi connectivity index (χ0v) is 9.08. The molecule has 0 atom stereocenters. The smallest absolute Gasteiger partial charge is 0.253 e. The van der Waals surface area contributed by atoms with Crippen LogP contribution in [0.1, 0.15) is 10.4 Å². The molecule has 0 saturated carbocycles. The fourth-order valence-corrected chi connectivity index (χ4v) is 1.70. The number of pyridine rings is 1. The van der Waals surface area contributed by atoms with Gasteiger partial charge in [-0.3, -0.25) is 9.78 Å². The molecule has 0 unspecified atom stereocenters. The zero-order chi connectivity index (χ0) is 11.7. The van der Waals surface area contributed by atoms with Gasteiger partial charge in [0.2, 0.25) is 0 Å². The van der Waals surface area contributed by atoms with E-state index in [2.05, 4.69) is 4.98 Å². The summed E-state index contributed by atoms with van der Waals surface area (Å²) in [5.41, 5.74) is 0.372. The van der Waals surface area contributed by atoms with Crippen LogP contribution in [-0.4, -0.2) is 17.3 Å². The van der Waals surface area contributed by atoms with Gasteiger partial charge < -0.3 is 4.74 Å². The molecule has 2 aromatic rings. The van der Waals surface area contributed by atoms with Crippen molar-refractivity contribution in [3.8, 4) is 5.75 Å². The number of fused-ring (bicyclic) bond motifs is 1. The van der Waals surface area contributed by atoms with Crippen molar-refractivity contribution in [3.63, 3.8) is 0 Å². The highest BCUT2D eigenvalue weighted by Crippen LogP contribution is 2.30. The lowest BCUT2D eigenvalue weighted by atomic mass is 10.1. The Balaban J connectivity index is 2.91. The summed E-state index contributed by atoms with van der Waals surface area (Å²) in [5, 5.41) is -0.250. The summed E-state index contributed by atoms with van der Waals surface area (Å²) in [4.78, 5) is 15.1. The number of nitrogens with zero attached hydrogens (tertiary/aromatic N) is 1. The van der Waals surface area contributed by atoms with E-state index >= 15 is 0 Å². The molecule has 0 bridgehead atoms. The summed E-state index contributed by atoms with van der Waals surface area (Å²) in [6, 6.07) is 4.33. The third-order valence-corrected chi connectivity index (χ3v) is 2.42. The lowest BCUT2D eigenvalue weighted by molar-refractivity contribution is 0.108. The van der Waals surface area contributed by atoms with Crippen LogP contribution in [0.4, 0.5) is 4.39 Å². The Labute approximate surface area is 95.8 Å². The quantitative estimate of drug-likeness (QED) is 0.757. The predicted molar refractivity (Wildman–Crippen MR) is 58.4 cm³/mol. The SMILES string of the molecule is COc1c(F)cc(C(=O)Cl)c2cccnc12. The molecule has 3 nitrogen and oxygen atoms in total.